The zero-order valence-electron chi connectivity index (χ0n) is 16.6. The van der Waals surface area contributed by atoms with E-state index >= 15 is 0 Å². The molecule has 0 aliphatic heterocycles. The molecule has 1 fully saturated rings. The molecular formula is C24H23N3O3. The van der Waals surface area contributed by atoms with Gasteiger partial charge in [-0.1, -0.05) is 37.5 Å². The van der Waals surface area contributed by atoms with E-state index in [2.05, 4.69) is 9.88 Å². The van der Waals surface area contributed by atoms with Gasteiger partial charge in [-0.2, -0.15) is 5.26 Å². The molecule has 0 atom stereocenters. The lowest BCUT2D eigenvalue weighted by atomic mass is 9.89. The summed E-state index contributed by atoms with van der Waals surface area (Å²) in [5.74, 6) is -1.01. The molecule has 3 aromatic rings. The zero-order valence-corrected chi connectivity index (χ0v) is 16.6. The van der Waals surface area contributed by atoms with Crippen molar-refractivity contribution in [1.82, 2.24) is 4.57 Å². The molecule has 0 spiro atoms. The van der Waals surface area contributed by atoms with Gasteiger partial charge in [-0.05, 0) is 49.1 Å². The number of nitrogens with one attached hydrogen (secondary N) is 1. The third-order valence-electron chi connectivity index (χ3n) is 5.84. The first-order valence-electron chi connectivity index (χ1n) is 10.2. The van der Waals surface area contributed by atoms with Crippen LogP contribution in [0.25, 0.3) is 10.9 Å². The molecule has 1 aliphatic carbocycles. The molecule has 1 heterocycles. The van der Waals surface area contributed by atoms with Crippen LogP contribution in [0.1, 0.15) is 58.5 Å². The maximum Gasteiger partial charge on any atom is 0.337 e. The maximum absolute atomic E-state index is 13.2. The molecule has 0 bridgehead atoms. The van der Waals surface area contributed by atoms with Crippen LogP contribution in [0.15, 0.2) is 48.5 Å². The second kappa shape index (κ2) is 8.42. The number of carbonyl (C=O) groups excluding carboxylic acids is 1. The number of hydrogen-bond donors (Lipinski definition) is 2. The number of aromatic carboxylic acids is 1. The Morgan fingerprint density at radius 2 is 1.87 bits per heavy atom. The SMILES string of the molecule is N#Cc1ccc(NC(=O)c2cc3ccccc3n2CC2CCCCC2)c(C(=O)O)c1. The Kier molecular flexibility index (Phi) is 5.53. The zero-order chi connectivity index (χ0) is 21.1. The number of hydrogen-bond acceptors (Lipinski definition) is 3. The smallest absolute Gasteiger partial charge is 0.337 e. The highest BCUT2D eigenvalue weighted by molar-refractivity contribution is 6.09. The molecule has 4 rings (SSSR count). The van der Waals surface area contributed by atoms with Gasteiger partial charge in [-0.3, -0.25) is 4.79 Å². The van der Waals surface area contributed by atoms with Crippen LogP contribution in [-0.2, 0) is 6.54 Å². The van der Waals surface area contributed by atoms with Crippen LogP contribution < -0.4 is 5.32 Å². The quantitative estimate of drug-likeness (QED) is 0.626. The van der Waals surface area contributed by atoms with Gasteiger partial charge in [-0.15, -0.1) is 0 Å². The minimum absolute atomic E-state index is 0.0997. The molecule has 30 heavy (non-hydrogen) atoms. The molecule has 1 aliphatic rings. The monoisotopic (exact) mass is 401 g/mol. The number of nitriles is 1. The lowest BCUT2D eigenvalue weighted by Gasteiger charge is -2.23. The number of aromatic nitrogens is 1. The molecule has 0 saturated heterocycles. The summed E-state index contributed by atoms with van der Waals surface area (Å²) in [5.41, 5.74) is 1.84. The Hall–Kier alpha value is -3.59. The van der Waals surface area contributed by atoms with Gasteiger partial charge in [0.25, 0.3) is 5.91 Å². The summed E-state index contributed by atoms with van der Waals surface area (Å²) in [7, 11) is 0. The highest BCUT2D eigenvalue weighted by atomic mass is 16.4. The molecule has 1 aromatic heterocycles. The van der Waals surface area contributed by atoms with Crippen LogP contribution in [0.5, 0.6) is 0 Å². The Balaban J connectivity index is 1.69. The molecule has 152 valence electrons. The standard InChI is InChI=1S/C24H23N3O3/c25-14-17-10-11-20(19(12-17)24(29)30)26-23(28)22-13-18-8-4-5-9-21(18)27(22)15-16-6-2-1-3-7-16/h4-5,8-13,16H,1-3,6-7,15H2,(H,26,28)(H,29,30). The van der Waals surface area contributed by atoms with Gasteiger partial charge in [0, 0.05) is 17.4 Å². The summed E-state index contributed by atoms with van der Waals surface area (Å²) in [6, 6.07) is 15.9. The lowest BCUT2D eigenvalue weighted by Crippen LogP contribution is -2.22. The Bertz CT molecular complexity index is 1150. The van der Waals surface area contributed by atoms with Crippen molar-refractivity contribution in [3.05, 3.63) is 65.4 Å². The topological polar surface area (TPSA) is 95.1 Å². The minimum Gasteiger partial charge on any atom is -0.478 e. The predicted molar refractivity (Wildman–Crippen MR) is 115 cm³/mol. The fourth-order valence-electron chi connectivity index (χ4n) is 4.31. The Morgan fingerprint density at radius 1 is 1.10 bits per heavy atom. The third-order valence-corrected chi connectivity index (χ3v) is 5.84. The fourth-order valence-corrected chi connectivity index (χ4v) is 4.31. The van der Waals surface area contributed by atoms with E-state index in [9.17, 15) is 14.7 Å². The van der Waals surface area contributed by atoms with Crippen molar-refractivity contribution >= 4 is 28.5 Å². The summed E-state index contributed by atoms with van der Waals surface area (Å²) >= 11 is 0. The largest absolute Gasteiger partial charge is 0.478 e. The van der Waals surface area contributed by atoms with Crippen molar-refractivity contribution in [2.24, 2.45) is 5.92 Å². The van der Waals surface area contributed by atoms with Crippen LogP contribution in [-0.4, -0.2) is 21.6 Å². The lowest BCUT2D eigenvalue weighted by molar-refractivity contribution is 0.0698. The van der Waals surface area contributed by atoms with Gasteiger partial charge < -0.3 is 15.0 Å². The number of benzene rings is 2. The second-order valence-electron chi connectivity index (χ2n) is 7.83. The van der Waals surface area contributed by atoms with Crippen LogP contribution in [0.3, 0.4) is 0 Å². The molecule has 6 heteroatoms. The number of carbonyl (C=O) groups is 2. The third kappa shape index (κ3) is 3.92. The number of nitrogens with zero attached hydrogens (tertiary/aromatic N) is 2. The van der Waals surface area contributed by atoms with E-state index in [1.54, 1.807) is 0 Å². The molecule has 0 radical (unpaired) electrons. The van der Waals surface area contributed by atoms with Crippen molar-refractivity contribution in [3.63, 3.8) is 0 Å². The van der Waals surface area contributed by atoms with E-state index in [1.165, 1.54) is 37.5 Å². The molecular weight excluding hydrogens is 378 g/mol. The average molecular weight is 401 g/mol. The number of anilines is 1. The summed E-state index contributed by atoms with van der Waals surface area (Å²) < 4.78 is 2.06. The molecule has 2 N–H and O–H groups in total. The predicted octanol–water partition coefficient (Wildman–Crippen LogP) is 5.04. The summed E-state index contributed by atoms with van der Waals surface area (Å²) in [6.07, 6.45) is 6.03. The molecule has 2 aromatic carbocycles. The van der Waals surface area contributed by atoms with Crippen molar-refractivity contribution < 1.29 is 14.7 Å². The van der Waals surface area contributed by atoms with E-state index in [0.29, 0.717) is 11.6 Å². The van der Waals surface area contributed by atoms with Crippen LogP contribution in [0.4, 0.5) is 5.69 Å². The van der Waals surface area contributed by atoms with E-state index in [1.807, 2.05) is 36.4 Å². The number of amides is 1. The average Bonchev–Trinajstić information content (AvgIpc) is 3.13. The van der Waals surface area contributed by atoms with Crippen LogP contribution >= 0.6 is 0 Å². The molecule has 1 saturated carbocycles. The van der Waals surface area contributed by atoms with Gasteiger partial charge in [0.05, 0.1) is 22.9 Å². The van der Waals surface area contributed by atoms with Crippen molar-refractivity contribution in [2.45, 2.75) is 38.6 Å². The van der Waals surface area contributed by atoms with Crippen molar-refractivity contribution in [2.75, 3.05) is 5.32 Å². The van der Waals surface area contributed by atoms with E-state index in [4.69, 9.17) is 5.26 Å². The minimum atomic E-state index is -1.19. The van der Waals surface area contributed by atoms with Crippen molar-refractivity contribution in [3.8, 4) is 6.07 Å². The second-order valence-corrected chi connectivity index (χ2v) is 7.83. The molecule has 1 amide bonds. The first-order valence-corrected chi connectivity index (χ1v) is 10.2. The number of rotatable bonds is 5. The Labute approximate surface area is 174 Å². The first-order chi connectivity index (χ1) is 14.6. The van der Waals surface area contributed by atoms with E-state index in [-0.39, 0.29) is 22.7 Å². The normalized spacial score (nSPS) is 14.4. The highest BCUT2D eigenvalue weighted by Gasteiger charge is 2.22. The highest BCUT2D eigenvalue weighted by Crippen LogP contribution is 2.29. The van der Waals surface area contributed by atoms with Gasteiger partial charge in [0.2, 0.25) is 0 Å². The summed E-state index contributed by atoms with van der Waals surface area (Å²) in [5, 5.41) is 22.3. The van der Waals surface area contributed by atoms with E-state index < -0.39 is 5.97 Å². The van der Waals surface area contributed by atoms with Crippen LogP contribution in [0, 0.1) is 17.2 Å². The Morgan fingerprint density at radius 3 is 2.60 bits per heavy atom. The van der Waals surface area contributed by atoms with Gasteiger partial charge in [0.1, 0.15) is 5.69 Å². The maximum atomic E-state index is 13.2. The number of carboxylic acids is 1. The first kappa shape index (κ1) is 19.7. The fraction of sp³-hybridized carbons (Fsp3) is 0.292. The summed E-state index contributed by atoms with van der Waals surface area (Å²) in [4.78, 5) is 24.8. The number of fused-ring (bicyclic) bond motifs is 1. The molecule has 6 nitrogen and oxygen atoms in total. The van der Waals surface area contributed by atoms with Crippen molar-refractivity contribution in [1.29, 1.82) is 5.26 Å². The number of para-hydroxylation sites is 1. The molecule has 0 unspecified atom stereocenters. The summed E-state index contributed by atoms with van der Waals surface area (Å²) in [6.45, 7) is 0.773. The van der Waals surface area contributed by atoms with Gasteiger partial charge in [-0.25, -0.2) is 4.79 Å². The van der Waals surface area contributed by atoms with E-state index in [0.717, 1.165) is 30.3 Å². The number of carboxylic acid groups (broad SMARTS) is 1. The van der Waals surface area contributed by atoms with Crippen LogP contribution in [0.2, 0.25) is 0 Å². The van der Waals surface area contributed by atoms with Gasteiger partial charge in [0.15, 0.2) is 0 Å². The van der Waals surface area contributed by atoms with Gasteiger partial charge >= 0.3 is 5.97 Å².